The molecule has 0 aliphatic carbocycles. The average Bonchev–Trinajstić information content (AvgIpc) is 2.97. The Hall–Kier alpha value is -2.38. The van der Waals surface area contributed by atoms with E-state index in [0.717, 1.165) is 10.9 Å². The van der Waals surface area contributed by atoms with Gasteiger partial charge in [-0.05, 0) is 13.0 Å². The molecule has 25 heavy (non-hydrogen) atoms. The first-order chi connectivity index (χ1) is 12.2. The molecule has 2 rings (SSSR count). The van der Waals surface area contributed by atoms with Gasteiger partial charge in [-0.25, -0.2) is 0 Å². The predicted molar refractivity (Wildman–Crippen MR) is 93.7 cm³/mol. The van der Waals surface area contributed by atoms with Gasteiger partial charge in [-0.2, -0.15) is 0 Å². The zero-order chi connectivity index (χ0) is 18.1. The van der Waals surface area contributed by atoms with Crippen molar-refractivity contribution in [2.75, 3.05) is 40.1 Å². The molecule has 0 atom stereocenters. The Kier molecular flexibility index (Phi) is 7.43. The molecule has 1 heterocycles. The zero-order valence-corrected chi connectivity index (χ0v) is 14.6. The molecule has 0 radical (unpaired) electrons. The lowest BCUT2D eigenvalue weighted by atomic mass is 10.1. The monoisotopic (exact) mass is 348 g/mol. The average molecular weight is 348 g/mol. The fourth-order valence-corrected chi connectivity index (χ4v) is 2.50. The Morgan fingerprint density at radius 2 is 1.96 bits per heavy atom. The summed E-state index contributed by atoms with van der Waals surface area (Å²) < 4.78 is 15.2. The Balaban J connectivity index is 2.07. The van der Waals surface area contributed by atoms with Crippen LogP contribution in [0.15, 0.2) is 24.3 Å². The number of benzene rings is 1. The lowest BCUT2D eigenvalue weighted by molar-refractivity contribution is -0.142. The maximum Gasteiger partial charge on any atom is 0.310 e. The van der Waals surface area contributed by atoms with Crippen molar-refractivity contribution in [3.8, 4) is 0 Å². The highest BCUT2D eigenvalue weighted by Crippen LogP contribution is 2.23. The van der Waals surface area contributed by atoms with Crippen LogP contribution in [0, 0.1) is 0 Å². The summed E-state index contributed by atoms with van der Waals surface area (Å²) in [6.45, 7) is 3.82. The lowest BCUT2D eigenvalue weighted by Gasteiger charge is -2.07. The molecule has 0 unspecified atom stereocenters. The number of hydrogen-bond donors (Lipinski definition) is 2. The van der Waals surface area contributed by atoms with E-state index in [2.05, 4.69) is 10.3 Å². The second kappa shape index (κ2) is 9.80. The van der Waals surface area contributed by atoms with Crippen molar-refractivity contribution >= 4 is 22.8 Å². The Morgan fingerprint density at radius 3 is 2.72 bits per heavy atom. The number of hydrogen-bond acceptors (Lipinski definition) is 5. The molecule has 1 aromatic carbocycles. The van der Waals surface area contributed by atoms with Crippen molar-refractivity contribution in [2.24, 2.45) is 0 Å². The summed E-state index contributed by atoms with van der Waals surface area (Å²) >= 11 is 0. The minimum atomic E-state index is -0.357. The third kappa shape index (κ3) is 5.30. The van der Waals surface area contributed by atoms with Crippen LogP contribution in [-0.4, -0.2) is 56.9 Å². The minimum Gasteiger partial charge on any atom is -0.466 e. The summed E-state index contributed by atoms with van der Waals surface area (Å²) in [7, 11) is 1.60. The summed E-state index contributed by atoms with van der Waals surface area (Å²) in [5.41, 5.74) is 1.83. The molecule has 1 aromatic heterocycles. The molecule has 7 heteroatoms. The number of para-hydroxylation sites is 1. The van der Waals surface area contributed by atoms with Gasteiger partial charge in [0.05, 0.1) is 32.8 Å². The predicted octanol–water partition coefficient (Wildman–Crippen LogP) is 1.67. The molecule has 0 spiro atoms. The SMILES string of the molecule is CCOC(=O)Cc1c(C(=O)NCCOCCOC)[nH]c2ccccc12. The zero-order valence-electron chi connectivity index (χ0n) is 14.6. The number of rotatable bonds is 10. The summed E-state index contributed by atoms with van der Waals surface area (Å²) in [4.78, 5) is 27.5. The van der Waals surface area contributed by atoms with Gasteiger partial charge in [-0.15, -0.1) is 0 Å². The van der Waals surface area contributed by atoms with Crippen LogP contribution < -0.4 is 5.32 Å². The second-order valence-corrected chi connectivity index (χ2v) is 5.37. The topological polar surface area (TPSA) is 89.7 Å². The molecule has 1 amide bonds. The van der Waals surface area contributed by atoms with Crippen LogP contribution in [0.2, 0.25) is 0 Å². The van der Waals surface area contributed by atoms with Crippen LogP contribution in [0.4, 0.5) is 0 Å². The van der Waals surface area contributed by atoms with Crippen molar-refractivity contribution < 1.29 is 23.8 Å². The Bertz CT molecular complexity index is 711. The number of H-pyrrole nitrogens is 1. The molecule has 0 bridgehead atoms. The number of amides is 1. The van der Waals surface area contributed by atoms with E-state index in [-0.39, 0.29) is 18.3 Å². The van der Waals surface area contributed by atoms with Gasteiger partial charge < -0.3 is 24.5 Å². The van der Waals surface area contributed by atoms with E-state index in [1.54, 1.807) is 14.0 Å². The van der Waals surface area contributed by atoms with E-state index in [4.69, 9.17) is 14.2 Å². The number of aromatic nitrogens is 1. The van der Waals surface area contributed by atoms with E-state index in [1.807, 2.05) is 24.3 Å². The highest BCUT2D eigenvalue weighted by atomic mass is 16.5. The standard InChI is InChI=1S/C18H24N2O5/c1-3-25-16(21)12-14-13-6-4-5-7-15(13)20-17(14)18(22)19-8-9-24-11-10-23-2/h4-7,20H,3,8-12H2,1-2H3,(H,19,22). The van der Waals surface area contributed by atoms with Crippen LogP contribution in [0.3, 0.4) is 0 Å². The Morgan fingerprint density at radius 1 is 1.16 bits per heavy atom. The van der Waals surface area contributed by atoms with Crippen LogP contribution in [0.5, 0.6) is 0 Å². The van der Waals surface area contributed by atoms with Crippen molar-refractivity contribution in [1.82, 2.24) is 10.3 Å². The summed E-state index contributed by atoms with van der Waals surface area (Å²) in [5.74, 6) is -0.630. The van der Waals surface area contributed by atoms with Crippen LogP contribution in [-0.2, 0) is 25.4 Å². The number of carbonyl (C=O) groups excluding carboxylic acids is 2. The number of aromatic amines is 1. The number of nitrogens with one attached hydrogen (secondary N) is 2. The highest BCUT2D eigenvalue weighted by molar-refractivity contribution is 6.02. The minimum absolute atomic E-state index is 0.0466. The third-order valence-electron chi connectivity index (χ3n) is 3.63. The molecular formula is C18H24N2O5. The molecule has 7 nitrogen and oxygen atoms in total. The normalized spacial score (nSPS) is 10.8. The molecule has 0 aliphatic heterocycles. The van der Waals surface area contributed by atoms with Gasteiger partial charge >= 0.3 is 5.97 Å². The summed E-state index contributed by atoms with van der Waals surface area (Å²) in [6, 6.07) is 7.49. The third-order valence-corrected chi connectivity index (χ3v) is 3.63. The van der Waals surface area contributed by atoms with E-state index >= 15 is 0 Å². The first-order valence-corrected chi connectivity index (χ1v) is 8.27. The van der Waals surface area contributed by atoms with Gasteiger partial charge in [-0.3, -0.25) is 9.59 Å². The number of fused-ring (bicyclic) bond motifs is 1. The lowest BCUT2D eigenvalue weighted by Crippen LogP contribution is -2.29. The Labute approximate surface area is 146 Å². The molecule has 2 N–H and O–H groups in total. The highest BCUT2D eigenvalue weighted by Gasteiger charge is 2.20. The number of esters is 1. The van der Waals surface area contributed by atoms with Gasteiger partial charge in [0.15, 0.2) is 0 Å². The van der Waals surface area contributed by atoms with Crippen molar-refractivity contribution in [3.63, 3.8) is 0 Å². The smallest absolute Gasteiger partial charge is 0.310 e. The fraction of sp³-hybridized carbons (Fsp3) is 0.444. The fourth-order valence-electron chi connectivity index (χ4n) is 2.50. The molecule has 0 aliphatic rings. The molecular weight excluding hydrogens is 324 g/mol. The van der Waals surface area contributed by atoms with Crippen molar-refractivity contribution in [2.45, 2.75) is 13.3 Å². The van der Waals surface area contributed by atoms with E-state index in [9.17, 15) is 9.59 Å². The van der Waals surface area contributed by atoms with E-state index in [1.165, 1.54) is 0 Å². The second-order valence-electron chi connectivity index (χ2n) is 5.37. The molecule has 0 saturated carbocycles. The number of methoxy groups -OCH3 is 1. The molecule has 136 valence electrons. The van der Waals surface area contributed by atoms with E-state index < -0.39 is 0 Å². The number of carbonyl (C=O) groups is 2. The van der Waals surface area contributed by atoms with Gasteiger partial charge in [0.2, 0.25) is 0 Å². The maximum absolute atomic E-state index is 12.5. The number of ether oxygens (including phenoxy) is 3. The largest absolute Gasteiger partial charge is 0.466 e. The quantitative estimate of drug-likeness (QED) is 0.503. The van der Waals surface area contributed by atoms with Gasteiger partial charge in [-0.1, -0.05) is 18.2 Å². The molecule has 0 fully saturated rings. The van der Waals surface area contributed by atoms with E-state index in [0.29, 0.717) is 44.2 Å². The molecule has 0 saturated heterocycles. The van der Waals surface area contributed by atoms with Crippen molar-refractivity contribution in [1.29, 1.82) is 0 Å². The van der Waals surface area contributed by atoms with Gasteiger partial charge in [0.1, 0.15) is 5.69 Å². The van der Waals surface area contributed by atoms with Crippen LogP contribution in [0.1, 0.15) is 23.0 Å². The van der Waals surface area contributed by atoms with Crippen molar-refractivity contribution in [3.05, 3.63) is 35.5 Å². The summed E-state index contributed by atoms with van der Waals surface area (Å²) in [5, 5.41) is 3.64. The summed E-state index contributed by atoms with van der Waals surface area (Å²) in [6.07, 6.45) is 0.0466. The maximum atomic E-state index is 12.5. The van der Waals surface area contributed by atoms with Crippen LogP contribution >= 0.6 is 0 Å². The first-order valence-electron chi connectivity index (χ1n) is 8.27. The van der Waals surface area contributed by atoms with Gasteiger partial charge in [0.25, 0.3) is 5.91 Å². The van der Waals surface area contributed by atoms with Gasteiger partial charge in [0, 0.05) is 30.1 Å². The molecule has 2 aromatic rings. The van der Waals surface area contributed by atoms with Crippen LogP contribution in [0.25, 0.3) is 10.9 Å². The first kappa shape index (κ1) is 19.0.